The number of amides is 1. The molecule has 3 rings (SSSR count). The Morgan fingerprint density at radius 1 is 0.929 bits per heavy atom. The van der Waals surface area contributed by atoms with Crippen molar-refractivity contribution in [2.75, 3.05) is 29.6 Å². The van der Waals surface area contributed by atoms with Crippen molar-refractivity contribution in [2.45, 2.75) is 0 Å². The van der Waals surface area contributed by atoms with E-state index < -0.39 is 29.0 Å². The zero-order valence-corrected chi connectivity index (χ0v) is 15.1. The predicted molar refractivity (Wildman–Crippen MR) is 103 cm³/mol. The highest BCUT2D eigenvalue weighted by atomic mass is 19.2. The highest BCUT2D eigenvalue weighted by molar-refractivity contribution is 6.03. The van der Waals surface area contributed by atoms with Gasteiger partial charge in [0.25, 0.3) is 5.91 Å². The maximum Gasteiger partial charge on any atom is 0.274 e. The summed E-state index contributed by atoms with van der Waals surface area (Å²) in [6.07, 6.45) is 1.41. The van der Waals surface area contributed by atoms with Crippen molar-refractivity contribution < 1.29 is 18.0 Å². The van der Waals surface area contributed by atoms with Gasteiger partial charge in [0.2, 0.25) is 0 Å². The Morgan fingerprint density at radius 3 is 2.32 bits per heavy atom. The number of rotatable bonds is 5. The summed E-state index contributed by atoms with van der Waals surface area (Å²) in [7, 11) is 3.87. The average Bonchev–Trinajstić information content (AvgIpc) is 2.69. The molecule has 28 heavy (non-hydrogen) atoms. The fourth-order valence-electron chi connectivity index (χ4n) is 2.45. The number of halogens is 3. The van der Waals surface area contributed by atoms with Gasteiger partial charge < -0.3 is 15.5 Å². The van der Waals surface area contributed by atoms with Gasteiger partial charge in [-0.1, -0.05) is 0 Å². The first-order chi connectivity index (χ1) is 13.3. The molecule has 3 aromatic rings. The molecule has 8 heteroatoms. The molecule has 0 aliphatic carbocycles. The van der Waals surface area contributed by atoms with Gasteiger partial charge in [0.1, 0.15) is 5.69 Å². The van der Waals surface area contributed by atoms with Crippen LogP contribution in [-0.2, 0) is 0 Å². The summed E-state index contributed by atoms with van der Waals surface area (Å²) in [5.74, 6) is -5.21. The molecular formula is C20H17F3N4O. The molecular weight excluding hydrogens is 369 g/mol. The van der Waals surface area contributed by atoms with Crippen molar-refractivity contribution in [1.82, 2.24) is 4.98 Å². The van der Waals surface area contributed by atoms with E-state index in [0.717, 1.165) is 23.5 Å². The number of hydrogen-bond donors (Lipinski definition) is 2. The van der Waals surface area contributed by atoms with Crippen LogP contribution in [-0.4, -0.2) is 25.0 Å². The smallest absolute Gasteiger partial charge is 0.274 e. The predicted octanol–water partition coefficient (Wildman–Crippen LogP) is 4.56. The monoisotopic (exact) mass is 386 g/mol. The SMILES string of the molecule is CN(C)c1ccc(Nc2ccnc(C(=O)Nc3ccc(F)c(F)c3F)c2)cc1. The fraction of sp³-hybridized carbons (Fsp3) is 0.100. The number of anilines is 4. The molecule has 1 aromatic heterocycles. The lowest BCUT2D eigenvalue weighted by molar-refractivity contribution is 0.102. The molecule has 1 heterocycles. The van der Waals surface area contributed by atoms with E-state index in [4.69, 9.17) is 0 Å². The molecule has 0 saturated carbocycles. The van der Waals surface area contributed by atoms with Crippen LogP contribution in [0.15, 0.2) is 54.7 Å². The lowest BCUT2D eigenvalue weighted by Gasteiger charge is -2.13. The summed E-state index contributed by atoms with van der Waals surface area (Å²) in [6, 6.07) is 12.4. The summed E-state index contributed by atoms with van der Waals surface area (Å²) in [6.45, 7) is 0. The van der Waals surface area contributed by atoms with Crippen molar-refractivity contribution in [3.8, 4) is 0 Å². The van der Waals surface area contributed by atoms with E-state index in [1.165, 1.54) is 12.3 Å². The first-order valence-corrected chi connectivity index (χ1v) is 8.30. The van der Waals surface area contributed by atoms with Crippen LogP contribution >= 0.6 is 0 Å². The van der Waals surface area contributed by atoms with Crippen LogP contribution < -0.4 is 15.5 Å². The number of hydrogen-bond acceptors (Lipinski definition) is 4. The Morgan fingerprint density at radius 2 is 1.64 bits per heavy atom. The van der Waals surface area contributed by atoms with E-state index in [1.807, 2.05) is 43.3 Å². The topological polar surface area (TPSA) is 57.3 Å². The number of nitrogens with one attached hydrogen (secondary N) is 2. The molecule has 0 bridgehead atoms. The third kappa shape index (κ3) is 4.22. The van der Waals surface area contributed by atoms with E-state index in [9.17, 15) is 18.0 Å². The zero-order chi connectivity index (χ0) is 20.3. The number of aromatic nitrogens is 1. The van der Waals surface area contributed by atoms with E-state index in [2.05, 4.69) is 15.6 Å². The molecule has 5 nitrogen and oxygen atoms in total. The molecule has 2 N–H and O–H groups in total. The third-order valence-corrected chi connectivity index (χ3v) is 3.95. The van der Waals surface area contributed by atoms with E-state index in [0.29, 0.717) is 5.69 Å². The Labute approximate surface area is 159 Å². The Kier molecular flexibility index (Phi) is 5.49. The molecule has 0 radical (unpaired) electrons. The lowest BCUT2D eigenvalue weighted by atomic mass is 10.2. The lowest BCUT2D eigenvalue weighted by Crippen LogP contribution is -2.15. The molecule has 0 atom stereocenters. The minimum Gasteiger partial charge on any atom is -0.378 e. The number of benzene rings is 2. The molecule has 0 aliphatic rings. The van der Waals surface area contributed by atoms with Crippen molar-refractivity contribution in [2.24, 2.45) is 0 Å². The minimum absolute atomic E-state index is 0.0148. The molecule has 0 spiro atoms. The second-order valence-electron chi connectivity index (χ2n) is 6.17. The normalized spacial score (nSPS) is 10.5. The Balaban J connectivity index is 1.75. The summed E-state index contributed by atoms with van der Waals surface area (Å²) in [5.41, 5.74) is 1.94. The maximum atomic E-state index is 13.7. The summed E-state index contributed by atoms with van der Waals surface area (Å²) < 4.78 is 40.0. The molecule has 0 fully saturated rings. The molecule has 0 aliphatic heterocycles. The molecule has 1 amide bonds. The zero-order valence-electron chi connectivity index (χ0n) is 15.1. The van der Waals surface area contributed by atoms with Crippen LogP contribution in [0.3, 0.4) is 0 Å². The summed E-state index contributed by atoms with van der Waals surface area (Å²) in [5, 5.41) is 5.32. The van der Waals surface area contributed by atoms with Crippen LogP contribution in [0.5, 0.6) is 0 Å². The number of carbonyl (C=O) groups is 1. The third-order valence-electron chi connectivity index (χ3n) is 3.95. The van der Waals surface area contributed by atoms with Gasteiger partial charge in [0.05, 0.1) is 5.69 Å². The second kappa shape index (κ2) is 7.99. The number of pyridine rings is 1. The van der Waals surface area contributed by atoms with Crippen LogP contribution in [0, 0.1) is 17.5 Å². The maximum absolute atomic E-state index is 13.7. The van der Waals surface area contributed by atoms with Gasteiger partial charge in [-0.15, -0.1) is 0 Å². The van der Waals surface area contributed by atoms with Crippen molar-refractivity contribution in [3.05, 3.63) is 77.9 Å². The van der Waals surface area contributed by atoms with Crippen LogP contribution in [0.25, 0.3) is 0 Å². The van der Waals surface area contributed by atoms with Gasteiger partial charge in [-0.05, 0) is 48.5 Å². The van der Waals surface area contributed by atoms with Crippen molar-refractivity contribution in [3.63, 3.8) is 0 Å². The second-order valence-corrected chi connectivity index (χ2v) is 6.17. The molecule has 2 aromatic carbocycles. The number of carbonyl (C=O) groups excluding carboxylic acids is 1. The van der Waals surface area contributed by atoms with Crippen LogP contribution in [0.4, 0.5) is 35.9 Å². The summed E-state index contributed by atoms with van der Waals surface area (Å²) >= 11 is 0. The average molecular weight is 386 g/mol. The summed E-state index contributed by atoms with van der Waals surface area (Å²) in [4.78, 5) is 18.2. The molecule has 0 unspecified atom stereocenters. The van der Waals surface area contributed by atoms with E-state index >= 15 is 0 Å². The largest absolute Gasteiger partial charge is 0.378 e. The van der Waals surface area contributed by atoms with Gasteiger partial charge in [0, 0.05) is 37.4 Å². The van der Waals surface area contributed by atoms with E-state index in [1.54, 1.807) is 6.07 Å². The number of nitrogens with zero attached hydrogens (tertiary/aromatic N) is 2. The highest BCUT2D eigenvalue weighted by Crippen LogP contribution is 2.22. The van der Waals surface area contributed by atoms with Crippen LogP contribution in [0.1, 0.15) is 10.5 Å². The Hall–Kier alpha value is -3.55. The fourth-order valence-corrected chi connectivity index (χ4v) is 2.45. The quantitative estimate of drug-likeness (QED) is 0.631. The van der Waals surface area contributed by atoms with Gasteiger partial charge in [-0.2, -0.15) is 0 Å². The van der Waals surface area contributed by atoms with Gasteiger partial charge in [-0.25, -0.2) is 13.2 Å². The first-order valence-electron chi connectivity index (χ1n) is 8.30. The van der Waals surface area contributed by atoms with Gasteiger partial charge >= 0.3 is 0 Å². The standard InChI is InChI=1S/C20H17F3N4O/c1-27(2)14-5-3-12(4-6-14)25-13-9-10-24-17(11-13)20(28)26-16-8-7-15(21)18(22)19(16)23/h3-11H,1-2H3,(H,24,25)(H,26,28). The van der Waals surface area contributed by atoms with Crippen molar-refractivity contribution in [1.29, 1.82) is 0 Å². The van der Waals surface area contributed by atoms with E-state index in [-0.39, 0.29) is 5.69 Å². The van der Waals surface area contributed by atoms with Gasteiger partial charge in [0.15, 0.2) is 17.5 Å². The van der Waals surface area contributed by atoms with Gasteiger partial charge in [-0.3, -0.25) is 9.78 Å². The Bertz CT molecular complexity index is 1010. The molecule has 144 valence electrons. The van der Waals surface area contributed by atoms with Crippen molar-refractivity contribution >= 4 is 28.7 Å². The highest BCUT2D eigenvalue weighted by Gasteiger charge is 2.16. The first kappa shape index (κ1) is 19.2. The minimum atomic E-state index is -1.65. The van der Waals surface area contributed by atoms with Crippen LogP contribution in [0.2, 0.25) is 0 Å². The molecule has 0 saturated heterocycles.